The zero-order valence-electron chi connectivity index (χ0n) is 12.2. The standard InChI is InChI=1S/C16H34O/c1-3-5-7-9-10-11-13-15-16(17)14-12-8-6-4-2/h16-17H,3-15H2,1-2H3. The fourth-order valence-electron chi connectivity index (χ4n) is 2.29. The topological polar surface area (TPSA) is 20.2 Å². The van der Waals surface area contributed by atoms with Crippen LogP contribution in [0.25, 0.3) is 0 Å². The second kappa shape index (κ2) is 14.0. The van der Waals surface area contributed by atoms with E-state index in [-0.39, 0.29) is 6.10 Å². The third kappa shape index (κ3) is 13.9. The van der Waals surface area contributed by atoms with Crippen LogP contribution in [0, 0.1) is 0 Å². The van der Waals surface area contributed by atoms with E-state index in [1.807, 2.05) is 0 Å². The first-order valence-corrected chi connectivity index (χ1v) is 7.99. The highest BCUT2D eigenvalue weighted by Crippen LogP contribution is 2.13. The van der Waals surface area contributed by atoms with Crippen molar-refractivity contribution in [2.75, 3.05) is 0 Å². The summed E-state index contributed by atoms with van der Waals surface area (Å²) in [6, 6.07) is 0. The van der Waals surface area contributed by atoms with Crippen LogP contribution in [0.1, 0.15) is 97.3 Å². The maximum Gasteiger partial charge on any atom is 0.0540 e. The van der Waals surface area contributed by atoms with Crippen molar-refractivity contribution in [1.82, 2.24) is 0 Å². The summed E-state index contributed by atoms with van der Waals surface area (Å²) in [5.74, 6) is 0. The first kappa shape index (κ1) is 17.0. The third-order valence-corrected chi connectivity index (χ3v) is 3.53. The number of unbranched alkanes of at least 4 members (excludes halogenated alkanes) is 9. The van der Waals surface area contributed by atoms with E-state index in [4.69, 9.17) is 0 Å². The van der Waals surface area contributed by atoms with Crippen molar-refractivity contribution in [2.45, 2.75) is 103 Å². The molecule has 0 amide bonds. The van der Waals surface area contributed by atoms with E-state index in [2.05, 4.69) is 13.8 Å². The molecule has 0 aliphatic rings. The fourth-order valence-corrected chi connectivity index (χ4v) is 2.29. The lowest BCUT2D eigenvalue weighted by Gasteiger charge is -2.09. The van der Waals surface area contributed by atoms with E-state index in [0.29, 0.717) is 0 Å². The van der Waals surface area contributed by atoms with Crippen LogP contribution in [0.4, 0.5) is 0 Å². The van der Waals surface area contributed by atoms with Gasteiger partial charge in [0.1, 0.15) is 0 Å². The molecule has 17 heavy (non-hydrogen) atoms. The summed E-state index contributed by atoms with van der Waals surface area (Å²) in [6.45, 7) is 4.49. The van der Waals surface area contributed by atoms with Gasteiger partial charge >= 0.3 is 0 Å². The molecule has 1 N–H and O–H groups in total. The Bertz CT molecular complexity index is 133. The SMILES string of the molecule is CCCCCCCCCC(O)CCCCCC. The molecule has 0 aliphatic heterocycles. The third-order valence-electron chi connectivity index (χ3n) is 3.53. The second-order valence-corrected chi connectivity index (χ2v) is 5.41. The minimum absolute atomic E-state index is 0.0255. The minimum Gasteiger partial charge on any atom is -0.393 e. The van der Waals surface area contributed by atoms with E-state index in [1.54, 1.807) is 0 Å². The van der Waals surface area contributed by atoms with Gasteiger partial charge in [-0.2, -0.15) is 0 Å². The van der Waals surface area contributed by atoms with Gasteiger partial charge in [-0.05, 0) is 12.8 Å². The molecule has 1 atom stereocenters. The van der Waals surface area contributed by atoms with E-state index < -0.39 is 0 Å². The van der Waals surface area contributed by atoms with Crippen molar-refractivity contribution < 1.29 is 5.11 Å². The highest BCUT2D eigenvalue weighted by molar-refractivity contribution is 4.57. The minimum atomic E-state index is -0.0255. The zero-order chi connectivity index (χ0) is 12.8. The summed E-state index contributed by atoms with van der Waals surface area (Å²) in [5.41, 5.74) is 0. The molecule has 1 unspecified atom stereocenters. The lowest BCUT2D eigenvalue weighted by molar-refractivity contribution is 0.147. The monoisotopic (exact) mass is 242 g/mol. The Balaban J connectivity index is 3.08. The smallest absolute Gasteiger partial charge is 0.0540 e. The highest BCUT2D eigenvalue weighted by atomic mass is 16.3. The Morgan fingerprint density at radius 2 is 0.941 bits per heavy atom. The Hall–Kier alpha value is -0.0400. The van der Waals surface area contributed by atoms with Crippen molar-refractivity contribution in [3.05, 3.63) is 0 Å². The molecule has 0 radical (unpaired) electrons. The molecule has 0 saturated carbocycles. The molecule has 0 bridgehead atoms. The summed E-state index contributed by atoms with van der Waals surface area (Å²) in [6.07, 6.45) is 16.6. The van der Waals surface area contributed by atoms with Gasteiger partial charge in [-0.3, -0.25) is 0 Å². The van der Waals surface area contributed by atoms with E-state index in [0.717, 1.165) is 12.8 Å². The van der Waals surface area contributed by atoms with E-state index >= 15 is 0 Å². The molecule has 0 fully saturated rings. The molecule has 0 aromatic carbocycles. The van der Waals surface area contributed by atoms with Crippen LogP contribution >= 0.6 is 0 Å². The Morgan fingerprint density at radius 1 is 0.588 bits per heavy atom. The summed E-state index contributed by atoms with van der Waals surface area (Å²) < 4.78 is 0. The lowest BCUT2D eigenvalue weighted by Crippen LogP contribution is -2.05. The normalized spacial score (nSPS) is 12.9. The Morgan fingerprint density at radius 3 is 1.41 bits per heavy atom. The van der Waals surface area contributed by atoms with Gasteiger partial charge in [-0.1, -0.05) is 84.5 Å². The van der Waals surface area contributed by atoms with Gasteiger partial charge in [0.25, 0.3) is 0 Å². The molecule has 0 aromatic heterocycles. The van der Waals surface area contributed by atoms with E-state index in [1.165, 1.54) is 70.6 Å². The number of rotatable bonds is 13. The Labute approximate surface area is 109 Å². The largest absolute Gasteiger partial charge is 0.393 e. The van der Waals surface area contributed by atoms with Crippen LogP contribution < -0.4 is 0 Å². The number of aliphatic hydroxyl groups is 1. The van der Waals surface area contributed by atoms with Gasteiger partial charge in [0, 0.05) is 0 Å². The lowest BCUT2D eigenvalue weighted by atomic mass is 10.0. The molecule has 0 heterocycles. The quantitative estimate of drug-likeness (QED) is 0.425. The first-order valence-electron chi connectivity index (χ1n) is 7.99. The van der Waals surface area contributed by atoms with Gasteiger partial charge in [0.2, 0.25) is 0 Å². The molecule has 104 valence electrons. The van der Waals surface area contributed by atoms with Crippen LogP contribution in [-0.2, 0) is 0 Å². The van der Waals surface area contributed by atoms with Crippen molar-refractivity contribution in [3.8, 4) is 0 Å². The maximum absolute atomic E-state index is 9.79. The number of hydrogen-bond acceptors (Lipinski definition) is 1. The molecule has 1 heteroatoms. The molecule has 0 saturated heterocycles. The zero-order valence-corrected chi connectivity index (χ0v) is 12.2. The average molecular weight is 242 g/mol. The molecule has 0 aliphatic carbocycles. The Kier molecular flexibility index (Phi) is 14.0. The number of aliphatic hydroxyl groups excluding tert-OH is 1. The summed E-state index contributed by atoms with van der Waals surface area (Å²) in [4.78, 5) is 0. The first-order chi connectivity index (χ1) is 8.31. The van der Waals surface area contributed by atoms with Crippen molar-refractivity contribution in [2.24, 2.45) is 0 Å². The molecule has 0 aromatic rings. The van der Waals surface area contributed by atoms with Gasteiger partial charge in [-0.25, -0.2) is 0 Å². The van der Waals surface area contributed by atoms with E-state index in [9.17, 15) is 5.11 Å². The summed E-state index contributed by atoms with van der Waals surface area (Å²) in [5, 5.41) is 9.79. The predicted molar refractivity (Wildman–Crippen MR) is 77.4 cm³/mol. The van der Waals surface area contributed by atoms with Crippen LogP contribution in [0.15, 0.2) is 0 Å². The maximum atomic E-state index is 9.79. The summed E-state index contributed by atoms with van der Waals surface area (Å²) in [7, 11) is 0. The van der Waals surface area contributed by atoms with Gasteiger partial charge in [0.15, 0.2) is 0 Å². The van der Waals surface area contributed by atoms with Gasteiger partial charge in [-0.15, -0.1) is 0 Å². The van der Waals surface area contributed by atoms with Crippen molar-refractivity contribution in [3.63, 3.8) is 0 Å². The second-order valence-electron chi connectivity index (χ2n) is 5.41. The van der Waals surface area contributed by atoms with Gasteiger partial charge < -0.3 is 5.11 Å². The van der Waals surface area contributed by atoms with Crippen LogP contribution in [0.3, 0.4) is 0 Å². The van der Waals surface area contributed by atoms with Crippen LogP contribution in [0.5, 0.6) is 0 Å². The molecule has 1 nitrogen and oxygen atoms in total. The van der Waals surface area contributed by atoms with Crippen LogP contribution in [0.2, 0.25) is 0 Å². The molecule has 0 rings (SSSR count). The van der Waals surface area contributed by atoms with Crippen LogP contribution in [-0.4, -0.2) is 11.2 Å². The average Bonchev–Trinajstić information content (AvgIpc) is 2.33. The highest BCUT2D eigenvalue weighted by Gasteiger charge is 2.03. The molecule has 0 spiro atoms. The predicted octanol–water partition coefficient (Wildman–Crippen LogP) is 5.46. The number of hydrogen-bond donors (Lipinski definition) is 1. The van der Waals surface area contributed by atoms with Crippen molar-refractivity contribution in [1.29, 1.82) is 0 Å². The fraction of sp³-hybridized carbons (Fsp3) is 1.00. The molecular formula is C16H34O. The molecular weight excluding hydrogens is 208 g/mol. The van der Waals surface area contributed by atoms with Crippen molar-refractivity contribution >= 4 is 0 Å². The summed E-state index contributed by atoms with van der Waals surface area (Å²) >= 11 is 0. The van der Waals surface area contributed by atoms with Gasteiger partial charge in [0.05, 0.1) is 6.10 Å².